The van der Waals surface area contributed by atoms with Gasteiger partial charge in [0.15, 0.2) is 0 Å². The van der Waals surface area contributed by atoms with Gasteiger partial charge < -0.3 is 20.4 Å². The third-order valence-electron chi connectivity index (χ3n) is 3.36. The van der Waals surface area contributed by atoms with Crippen LogP contribution in [0.1, 0.15) is 12.2 Å². The first kappa shape index (κ1) is 19.6. The lowest BCUT2D eigenvalue weighted by atomic mass is 10.2. The molecule has 6 nitrogen and oxygen atoms in total. The number of amides is 1. The van der Waals surface area contributed by atoms with E-state index in [0.29, 0.717) is 36.4 Å². The molecule has 2 heterocycles. The van der Waals surface area contributed by atoms with Gasteiger partial charge in [-0.1, -0.05) is 0 Å². The minimum Gasteiger partial charge on any atom is -0.375 e. The molecule has 1 aliphatic heterocycles. The number of hydrogen-bond donors (Lipinski definition) is 3. The highest BCUT2D eigenvalue weighted by Gasteiger charge is 2.17. The molecule has 0 spiro atoms. The first-order chi connectivity index (χ1) is 10.2. The summed E-state index contributed by atoms with van der Waals surface area (Å²) >= 11 is 0. The van der Waals surface area contributed by atoms with Crippen molar-refractivity contribution in [2.45, 2.75) is 19.1 Å². The van der Waals surface area contributed by atoms with Gasteiger partial charge in [-0.3, -0.25) is 4.79 Å². The molecule has 3 N–H and O–H groups in total. The van der Waals surface area contributed by atoms with Crippen LogP contribution in [0, 0.1) is 5.82 Å². The number of fused-ring (bicyclic) bond motifs is 1. The molecule has 1 aliphatic rings. The summed E-state index contributed by atoms with van der Waals surface area (Å²) in [6.07, 6.45) is 0.241. The molecule has 1 fully saturated rings. The third kappa shape index (κ3) is 5.31. The molecule has 0 aliphatic carbocycles. The van der Waals surface area contributed by atoms with Gasteiger partial charge in [0.2, 0.25) is 5.91 Å². The van der Waals surface area contributed by atoms with Crippen LogP contribution in [0.4, 0.5) is 4.39 Å². The molecule has 1 unspecified atom stereocenters. The van der Waals surface area contributed by atoms with Gasteiger partial charge in [0, 0.05) is 13.1 Å². The molecule has 128 valence electrons. The van der Waals surface area contributed by atoms with Crippen molar-refractivity contribution in [2.24, 2.45) is 0 Å². The summed E-state index contributed by atoms with van der Waals surface area (Å²) in [5.41, 5.74) is 1.31. The number of aromatic amines is 1. The largest absolute Gasteiger partial charge is 0.375 e. The van der Waals surface area contributed by atoms with Crippen LogP contribution in [0.5, 0.6) is 0 Å². The normalized spacial score (nSPS) is 17.2. The third-order valence-corrected chi connectivity index (χ3v) is 3.36. The number of benzene rings is 1. The van der Waals surface area contributed by atoms with E-state index in [9.17, 15) is 9.18 Å². The summed E-state index contributed by atoms with van der Waals surface area (Å²) in [5, 5.41) is 5.97. The highest BCUT2D eigenvalue weighted by Crippen LogP contribution is 2.12. The molecule has 2 aromatic rings. The maximum Gasteiger partial charge on any atom is 0.223 e. The van der Waals surface area contributed by atoms with Crippen LogP contribution in [0.3, 0.4) is 0 Å². The van der Waals surface area contributed by atoms with E-state index in [-0.39, 0.29) is 49.2 Å². The minimum absolute atomic E-state index is 0. The summed E-state index contributed by atoms with van der Waals surface area (Å²) in [4.78, 5) is 19.1. The van der Waals surface area contributed by atoms with E-state index in [1.165, 1.54) is 12.1 Å². The van der Waals surface area contributed by atoms with Gasteiger partial charge in [-0.2, -0.15) is 0 Å². The Morgan fingerprint density at radius 2 is 2.26 bits per heavy atom. The van der Waals surface area contributed by atoms with Crippen molar-refractivity contribution in [3.8, 4) is 0 Å². The average molecular weight is 365 g/mol. The molecule has 3 rings (SSSR count). The van der Waals surface area contributed by atoms with E-state index in [4.69, 9.17) is 4.74 Å². The lowest BCUT2D eigenvalue weighted by Crippen LogP contribution is -2.41. The van der Waals surface area contributed by atoms with Gasteiger partial charge in [0.05, 0.1) is 36.7 Å². The molecule has 1 atom stereocenters. The average Bonchev–Trinajstić information content (AvgIpc) is 2.88. The van der Waals surface area contributed by atoms with Crippen LogP contribution in [0.25, 0.3) is 11.0 Å². The molecule has 0 bridgehead atoms. The number of morpholine rings is 1. The molecule has 9 heteroatoms. The number of hydrogen-bond acceptors (Lipinski definition) is 4. The molecule has 0 saturated carbocycles. The summed E-state index contributed by atoms with van der Waals surface area (Å²) in [6, 6.07) is 4.35. The van der Waals surface area contributed by atoms with Gasteiger partial charge in [-0.05, 0) is 18.2 Å². The van der Waals surface area contributed by atoms with Crippen molar-refractivity contribution in [2.75, 3.05) is 19.7 Å². The molecule has 1 aromatic carbocycles. The molecule has 1 aromatic heterocycles. The van der Waals surface area contributed by atoms with Crippen molar-refractivity contribution in [1.82, 2.24) is 20.6 Å². The van der Waals surface area contributed by atoms with Gasteiger partial charge in [0.25, 0.3) is 0 Å². The predicted molar refractivity (Wildman–Crippen MR) is 89.6 cm³/mol. The van der Waals surface area contributed by atoms with Crippen LogP contribution in [0.2, 0.25) is 0 Å². The maximum absolute atomic E-state index is 13.1. The highest BCUT2D eigenvalue weighted by atomic mass is 35.5. The molecular formula is C14H19Cl2FN4O2. The molecule has 23 heavy (non-hydrogen) atoms. The highest BCUT2D eigenvalue weighted by molar-refractivity contribution is 5.85. The Labute approximate surface area is 145 Å². The number of ether oxygens (including phenoxy) is 1. The van der Waals surface area contributed by atoms with E-state index < -0.39 is 0 Å². The van der Waals surface area contributed by atoms with Crippen molar-refractivity contribution >= 4 is 41.8 Å². The van der Waals surface area contributed by atoms with Crippen LogP contribution >= 0.6 is 24.8 Å². The number of carbonyl (C=O) groups excluding carboxylic acids is 1. The number of halogens is 3. The fraction of sp³-hybridized carbons (Fsp3) is 0.429. The zero-order valence-corrected chi connectivity index (χ0v) is 13.9. The zero-order chi connectivity index (χ0) is 14.7. The smallest absolute Gasteiger partial charge is 0.223 e. The lowest BCUT2D eigenvalue weighted by Gasteiger charge is -2.22. The van der Waals surface area contributed by atoms with Gasteiger partial charge in [0.1, 0.15) is 11.6 Å². The quantitative estimate of drug-likeness (QED) is 0.768. The summed E-state index contributed by atoms with van der Waals surface area (Å²) in [7, 11) is 0. The van der Waals surface area contributed by atoms with Crippen LogP contribution in [0.15, 0.2) is 18.2 Å². The topological polar surface area (TPSA) is 79.0 Å². The summed E-state index contributed by atoms with van der Waals surface area (Å²) in [6.45, 7) is 2.44. The number of aromatic nitrogens is 2. The van der Waals surface area contributed by atoms with E-state index in [2.05, 4.69) is 20.6 Å². The number of H-pyrrole nitrogens is 1. The molecule has 1 amide bonds. The second-order valence-electron chi connectivity index (χ2n) is 5.02. The predicted octanol–water partition coefficient (Wildman–Crippen LogP) is 1.54. The second-order valence-corrected chi connectivity index (χ2v) is 5.02. The fourth-order valence-electron chi connectivity index (χ4n) is 2.33. The van der Waals surface area contributed by atoms with Crippen molar-refractivity contribution in [3.05, 3.63) is 29.8 Å². The SMILES string of the molecule is Cl.Cl.O=C(CC1CNCCO1)NCc1nc2ccc(F)cc2[nH]1. The Morgan fingerprint density at radius 1 is 1.43 bits per heavy atom. The summed E-state index contributed by atoms with van der Waals surface area (Å²) < 4.78 is 18.6. The monoisotopic (exact) mass is 364 g/mol. The number of nitrogens with one attached hydrogen (secondary N) is 3. The minimum atomic E-state index is -0.316. The van der Waals surface area contributed by atoms with Gasteiger partial charge in [-0.15, -0.1) is 24.8 Å². The van der Waals surface area contributed by atoms with Gasteiger partial charge in [-0.25, -0.2) is 9.37 Å². The van der Waals surface area contributed by atoms with Crippen molar-refractivity contribution in [3.63, 3.8) is 0 Å². The van der Waals surface area contributed by atoms with Crippen LogP contribution in [-0.2, 0) is 16.1 Å². The Bertz CT molecular complexity index is 647. The van der Waals surface area contributed by atoms with Crippen molar-refractivity contribution < 1.29 is 13.9 Å². The number of carbonyl (C=O) groups is 1. The maximum atomic E-state index is 13.1. The Balaban J connectivity index is 0.00000132. The number of nitrogens with zero attached hydrogens (tertiary/aromatic N) is 1. The van der Waals surface area contributed by atoms with Gasteiger partial charge >= 0.3 is 0 Å². The van der Waals surface area contributed by atoms with E-state index in [0.717, 1.165) is 6.54 Å². The molecular weight excluding hydrogens is 346 g/mol. The number of rotatable bonds is 4. The van der Waals surface area contributed by atoms with Crippen molar-refractivity contribution in [1.29, 1.82) is 0 Å². The second kappa shape index (κ2) is 9.02. The lowest BCUT2D eigenvalue weighted by molar-refractivity contribution is -0.124. The van der Waals surface area contributed by atoms with E-state index in [1.54, 1.807) is 6.07 Å². The Morgan fingerprint density at radius 3 is 3.00 bits per heavy atom. The summed E-state index contributed by atoms with van der Waals surface area (Å²) in [5.74, 6) is 0.200. The first-order valence-corrected chi connectivity index (χ1v) is 6.94. The van der Waals surface area contributed by atoms with Crippen LogP contribution < -0.4 is 10.6 Å². The standard InChI is InChI=1S/C14H17FN4O2.2ClH/c15-9-1-2-11-12(5-9)19-13(18-11)8-17-14(20)6-10-7-16-3-4-21-10;;/h1-2,5,10,16H,3-4,6-8H2,(H,17,20)(H,18,19);2*1H. The van der Waals surface area contributed by atoms with E-state index >= 15 is 0 Å². The zero-order valence-electron chi connectivity index (χ0n) is 12.3. The molecule has 0 radical (unpaired) electrons. The number of imidazole rings is 1. The fourth-order valence-corrected chi connectivity index (χ4v) is 2.33. The molecule has 1 saturated heterocycles. The Hall–Kier alpha value is -1.41. The first-order valence-electron chi connectivity index (χ1n) is 6.94. The van der Waals surface area contributed by atoms with Crippen LogP contribution in [-0.4, -0.2) is 41.7 Å². The Kier molecular flexibility index (Phi) is 7.70. The van der Waals surface area contributed by atoms with E-state index in [1.807, 2.05) is 0 Å².